The summed E-state index contributed by atoms with van der Waals surface area (Å²) in [5.41, 5.74) is 2.54. The molecule has 30 heavy (non-hydrogen) atoms. The third kappa shape index (κ3) is 8.57. The average molecular weight is 454 g/mol. The second-order valence-electron chi connectivity index (χ2n) is 5.31. The molecule has 0 bridgehead atoms. The second kappa shape index (κ2) is 17.5. The number of methoxy groups -OCH3 is 2. The Morgan fingerprint density at radius 3 is 1.93 bits per heavy atom. The summed E-state index contributed by atoms with van der Waals surface area (Å²) in [4.78, 5) is 11.4. The van der Waals surface area contributed by atoms with Crippen molar-refractivity contribution < 1.29 is 14.3 Å². The lowest BCUT2D eigenvalue weighted by atomic mass is 10.0. The standard InChI is InChI=1S/C19H23Cl2NO3.C3H4.C2H6/c1-6-8-13(11-23)12(7-2)9-14(22-3)17-18(20)15(24-4)10-16(25-5)19(17)21;1-3-2;1-2/h7-11,22H,6H2,1-5H3;1H,2H3;1-2H3/b12-7-,13-8-,14-9-;;. The molecular formula is C24H33Cl2NO3. The van der Waals surface area contributed by atoms with E-state index in [1.807, 2.05) is 45.9 Å². The molecule has 1 rings (SSSR count). The van der Waals surface area contributed by atoms with Gasteiger partial charge in [0.15, 0.2) is 0 Å². The molecule has 0 aromatic heterocycles. The van der Waals surface area contributed by atoms with Crippen molar-refractivity contribution in [3.63, 3.8) is 0 Å². The molecule has 0 atom stereocenters. The first-order chi connectivity index (χ1) is 14.4. The van der Waals surface area contributed by atoms with Crippen molar-refractivity contribution in [1.82, 2.24) is 5.32 Å². The van der Waals surface area contributed by atoms with Gasteiger partial charge in [0, 0.05) is 29.9 Å². The van der Waals surface area contributed by atoms with Gasteiger partial charge in [0.25, 0.3) is 0 Å². The van der Waals surface area contributed by atoms with E-state index in [1.165, 1.54) is 14.2 Å². The van der Waals surface area contributed by atoms with E-state index in [0.29, 0.717) is 38.4 Å². The molecule has 0 heterocycles. The van der Waals surface area contributed by atoms with E-state index in [0.717, 1.165) is 18.3 Å². The Morgan fingerprint density at radius 1 is 1.17 bits per heavy atom. The minimum atomic E-state index is 0.358. The Labute approximate surface area is 191 Å². The van der Waals surface area contributed by atoms with Crippen LogP contribution in [0.4, 0.5) is 0 Å². The van der Waals surface area contributed by atoms with Crippen molar-refractivity contribution in [2.45, 2.75) is 41.0 Å². The number of allylic oxidation sites excluding steroid dienone is 5. The highest BCUT2D eigenvalue weighted by Crippen LogP contribution is 2.43. The molecule has 0 amide bonds. The largest absolute Gasteiger partial charge is 0.495 e. The topological polar surface area (TPSA) is 47.6 Å². The highest BCUT2D eigenvalue weighted by molar-refractivity contribution is 6.39. The molecule has 0 saturated heterocycles. The molecule has 0 aliphatic heterocycles. The number of carbonyl (C=O) groups is 1. The van der Waals surface area contributed by atoms with Crippen LogP contribution in [-0.4, -0.2) is 27.6 Å². The maximum absolute atomic E-state index is 11.4. The molecule has 0 radical (unpaired) electrons. The van der Waals surface area contributed by atoms with Crippen molar-refractivity contribution >= 4 is 35.2 Å². The van der Waals surface area contributed by atoms with Crippen LogP contribution >= 0.6 is 23.2 Å². The highest BCUT2D eigenvalue weighted by atomic mass is 35.5. The number of hydrogen-bond acceptors (Lipinski definition) is 4. The number of carbonyl (C=O) groups excluding carboxylic acids is 1. The monoisotopic (exact) mass is 453 g/mol. The molecule has 1 aromatic rings. The van der Waals surface area contributed by atoms with E-state index < -0.39 is 0 Å². The van der Waals surface area contributed by atoms with Crippen LogP contribution in [0.2, 0.25) is 10.0 Å². The van der Waals surface area contributed by atoms with Crippen LogP contribution in [0.1, 0.15) is 46.6 Å². The summed E-state index contributed by atoms with van der Waals surface area (Å²) in [5, 5.41) is 3.80. The van der Waals surface area contributed by atoms with Gasteiger partial charge in [-0.2, -0.15) is 0 Å². The number of ether oxygens (including phenoxy) is 2. The Balaban J connectivity index is 0. The highest BCUT2D eigenvalue weighted by Gasteiger charge is 2.20. The molecule has 0 saturated carbocycles. The first-order valence-corrected chi connectivity index (χ1v) is 10.3. The van der Waals surface area contributed by atoms with Gasteiger partial charge in [0.1, 0.15) is 17.8 Å². The van der Waals surface area contributed by atoms with E-state index in [-0.39, 0.29) is 0 Å². The lowest BCUT2D eigenvalue weighted by Gasteiger charge is -2.17. The second-order valence-corrected chi connectivity index (χ2v) is 6.07. The minimum absolute atomic E-state index is 0.358. The molecule has 1 N–H and O–H groups in total. The molecule has 0 fully saturated rings. The third-order valence-electron chi connectivity index (χ3n) is 3.61. The van der Waals surface area contributed by atoms with Crippen LogP contribution in [0.25, 0.3) is 5.70 Å². The fourth-order valence-electron chi connectivity index (χ4n) is 2.33. The smallest absolute Gasteiger partial charge is 0.150 e. The molecular weight excluding hydrogens is 421 g/mol. The Morgan fingerprint density at radius 2 is 1.63 bits per heavy atom. The number of rotatable bonds is 8. The Bertz CT molecular complexity index is 775. The van der Waals surface area contributed by atoms with Gasteiger partial charge in [-0.25, -0.2) is 0 Å². The first kappa shape index (κ1) is 29.8. The van der Waals surface area contributed by atoms with Gasteiger partial charge in [-0.15, -0.1) is 12.3 Å². The Kier molecular flexibility index (Phi) is 17.4. The van der Waals surface area contributed by atoms with Crippen molar-refractivity contribution in [2.75, 3.05) is 21.3 Å². The van der Waals surface area contributed by atoms with Crippen LogP contribution in [0.3, 0.4) is 0 Å². The summed E-state index contributed by atoms with van der Waals surface area (Å²) in [6, 6.07) is 1.63. The van der Waals surface area contributed by atoms with Crippen LogP contribution in [0, 0.1) is 12.3 Å². The van der Waals surface area contributed by atoms with Crippen LogP contribution in [0.15, 0.2) is 35.4 Å². The van der Waals surface area contributed by atoms with E-state index in [2.05, 4.69) is 17.7 Å². The average Bonchev–Trinajstić information content (AvgIpc) is 2.77. The molecule has 0 aliphatic rings. The van der Waals surface area contributed by atoms with Crippen LogP contribution in [-0.2, 0) is 4.79 Å². The zero-order valence-corrected chi connectivity index (χ0v) is 20.7. The lowest BCUT2D eigenvalue weighted by Crippen LogP contribution is -2.08. The molecule has 4 nitrogen and oxygen atoms in total. The van der Waals surface area contributed by atoms with Crippen molar-refractivity contribution in [3.05, 3.63) is 51.0 Å². The van der Waals surface area contributed by atoms with Gasteiger partial charge in [0.2, 0.25) is 0 Å². The van der Waals surface area contributed by atoms with Crippen LogP contribution in [0.5, 0.6) is 11.5 Å². The molecule has 1 aromatic carbocycles. The summed E-state index contributed by atoms with van der Waals surface area (Å²) in [5.74, 6) is 3.14. The fourth-order valence-corrected chi connectivity index (χ4v) is 3.04. The van der Waals surface area contributed by atoms with Gasteiger partial charge in [-0.3, -0.25) is 4.79 Å². The molecule has 6 heteroatoms. The predicted octanol–water partition coefficient (Wildman–Crippen LogP) is 6.72. The van der Waals surface area contributed by atoms with Crippen molar-refractivity contribution in [1.29, 1.82) is 0 Å². The number of nitrogens with one attached hydrogen (secondary N) is 1. The van der Waals surface area contributed by atoms with E-state index in [4.69, 9.17) is 32.7 Å². The zero-order chi connectivity index (χ0) is 23.7. The van der Waals surface area contributed by atoms with Gasteiger partial charge < -0.3 is 14.8 Å². The molecule has 0 aliphatic carbocycles. The minimum Gasteiger partial charge on any atom is -0.495 e. The maximum atomic E-state index is 11.4. The summed E-state index contributed by atoms with van der Waals surface area (Å²) in [6.07, 6.45) is 11.7. The molecule has 0 unspecified atom stereocenters. The summed E-state index contributed by atoms with van der Waals surface area (Å²) >= 11 is 12.9. The van der Waals surface area contributed by atoms with E-state index in [1.54, 1.807) is 20.0 Å². The van der Waals surface area contributed by atoms with Crippen molar-refractivity contribution in [3.8, 4) is 23.8 Å². The maximum Gasteiger partial charge on any atom is 0.150 e. The number of halogens is 2. The summed E-state index contributed by atoms with van der Waals surface area (Å²) in [7, 11) is 4.79. The number of benzene rings is 1. The number of terminal acetylenes is 1. The van der Waals surface area contributed by atoms with Gasteiger partial charge in [-0.05, 0) is 31.9 Å². The summed E-state index contributed by atoms with van der Waals surface area (Å²) < 4.78 is 10.6. The normalized spacial score (nSPS) is 11.2. The first-order valence-electron chi connectivity index (χ1n) is 9.59. The predicted molar refractivity (Wildman–Crippen MR) is 131 cm³/mol. The fraction of sp³-hybridized carbons (Fsp3) is 0.375. The van der Waals surface area contributed by atoms with E-state index >= 15 is 0 Å². The molecule has 166 valence electrons. The molecule has 0 spiro atoms. The van der Waals surface area contributed by atoms with Crippen LogP contribution < -0.4 is 14.8 Å². The van der Waals surface area contributed by atoms with Gasteiger partial charge >= 0.3 is 0 Å². The number of hydrogen-bond donors (Lipinski definition) is 1. The number of aldehydes is 1. The zero-order valence-electron chi connectivity index (χ0n) is 19.2. The SMILES string of the molecule is C#CC.C/C=C(/C=C(\NC)c1c(Cl)c(OC)cc(OC)c1Cl)C(\C=O)=C/CC.CC. The lowest BCUT2D eigenvalue weighted by molar-refractivity contribution is -0.104. The van der Waals surface area contributed by atoms with Gasteiger partial charge in [0.05, 0.1) is 24.3 Å². The van der Waals surface area contributed by atoms with Crippen molar-refractivity contribution in [2.24, 2.45) is 0 Å². The van der Waals surface area contributed by atoms with Gasteiger partial charge in [-0.1, -0.05) is 56.1 Å². The third-order valence-corrected chi connectivity index (χ3v) is 4.36. The quantitative estimate of drug-likeness (QED) is 0.205. The Hall–Kier alpha value is -2.35. The van der Waals surface area contributed by atoms with E-state index in [9.17, 15) is 4.79 Å². The summed E-state index contributed by atoms with van der Waals surface area (Å²) in [6.45, 7) is 9.49.